The Morgan fingerprint density at radius 1 is 1.33 bits per heavy atom. The van der Waals surface area contributed by atoms with Crippen molar-refractivity contribution in [1.82, 2.24) is 9.46 Å². The first-order chi connectivity index (χ1) is 11.4. The van der Waals surface area contributed by atoms with E-state index in [1.165, 1.54) is 10.5 Å². The maximum absolute atomic E-state index is 13.2. The molecular weight excluding hydrogens is 328 g/mol. The molecule has 1 aromatic carbocycles. The van der Waals surface area contributed by atoms with Gasteiger partial charge in [0.05, 0.1) is 22.7 Å². The molecule has 2 heterocycles. The first-order valence-electron chi connectivity index (χ1n) is 8.18. The third kappa shape index (κ3) is 2.47. The number of rotatable bonds is 4. The second-order valence-electron chi connectivity index (χ2n) is 6.73. The summed E-state index contributed by atoms with van der Waals surface area (Å²) in [6.07, 6.45) is 4.40. The molecule has 24 heavy (non-hydrogen) atoms. The van der Waals surface area contributed by atoms with E-state index in [1.54, 1.807) is 25.1 Å². The molecule has 1 N–H and O–H groups in total. The van der Waals surface area contributed by atoms with Crippen LogP contribution in [0.1, 0.15) is 31.2 Å². The minimum Gasteiger partial charge on any atom is -0.388 e. The van der Waals surface area contributed by atoms with Crippen molar-refractivity contribution in [2.75, 3.05) is 6.54 Å². The highest BCUT2D eigenvalue weighted by molar-refractivity contribution is 7.89. The average Bonchev–Trinajstić information content (AvgIpc) is 3.04. The van der Waals surface area contributed by atoms with Crippen molar-refractivity contribution < 1.29 is 18.0 Å². The summed E-state index contributed by atoms with van der Waals surface area (Å²) < 4.78 is 33.1. The fourth-order valence-electron chi connectivity index (χ4n) is 3.55. The number of aliphatic hydroxyl groups is 1. The van der Waals surface area contributed by atoms with Gasteiger partial charge < -0.3 is 9.63 Å². The Labute approximate surface area is 141 Å². The first kappa shape index (κ1) is 15.8. The summed E-state index contributed by atoms with van der Waals surface area (Å²) >= 11 is 0. The zero-order chi connectivity index (χ0) is 16.9. The normalized spacial score (nSPS) is 23.5. The predicted octanol–water partition coefficient (Wildman–Crippen LogP) is 2.33. The van der Waals surface area contributed by atoms with Crippen LogP contribution in [0.5, 0.6) is 0 Å². The van der Waals surface area contributed by atoms with Gasteiger partial charge >= 0.3 is 0 Å². The van der Waals surface area contributed by atoms with Crippen LogP contribution in [-0.2, 0) is 10.0 Å². The van der Waals surface area contributed by atoms with Crippen molar-refractivity contribution in [2.24, 2.45) is 0 Å². The van der Waals surface area contributed by atoms with Gasteiger partial charge in [-0.3, -0.25) is 0 Å². The van der Waals surface area contributed by atoms with E-state index in [0.717, 1.165) is 12.8 Å². The fourth-order valence-corrected chi connectivity index (χ4v) is 5.56. The molecule has 1 aliphatic carbocycles. The van der Waals surface area contributed by atoms with Crippen molar-refractivity contribution in [1.29, 1.82) is 0 Å². The molecule has 1 unspecified atom stereocenters. The number of hydrogen-bond donors (Lipinski definition) is 1. The summed E-state index contributed by atoms with van der Waals surface area (Å²) in [4.78, 5) is 0.271. The van der Waals surface area contributed by atoms with Gasteiger partial charge in [-0.1, -0.05) is 17.3 Å². The van der Waals surface area contributed by atoms with Crippen molar-refractivity contribution in [3.05, 3.63) is 36.0 Å². The van der Waals surface area contributed by atoms with Crippen LogP contribution in [0.25, 0.3) is 11.3 Å². The number of sulfonamides is 1. The zero-order valence-corrected chi connectivity index (χ0v) is 14.3. The number of hydrogen-bond acceptors (Lipinski definition) is 5. The van der Waals surface area contributed by atoms with Crippen molar-refractivity contribution in [3.8, 4) is 11.3 Å². The van der Waals surface area contributed by atoms with E-state index >= 15 is 0 Å². The molecular formula is C17H20N2O4S. The van der Waals surface area contributed by atoms with Crippen molar-refractivity contribution in [2.45, 2.75) is 49.1 Å². The molecule has 2 aliphatic rings. The molecule has 1 aliphatic heterocycles. The van der Waals surface area contributed by atoms with E-state index in [4.69, 9.17) is 4.52 Å². The molecule has 1 aromatic heterocycles. The number of nitrogens with zero attached hydrogens (tertiary/aromatic N) is 2. The Kier molecular flexibility index (Phi) is 3.56. The standard InChI is InChI=1S/C17H20N2O4S/c1-12-4-5-13(14-6-9-18-23-14)11-15(12)24(21,22)19-10-2-3-16(19)17(20)7-8-17/h4-6,9,11,16,20H,2-3,7-8,10H2,1H3. The van der Waals surface area contributed by atoms with Crippen LogP contribution < -0.4 is 0 Å². The van der Waals surface area contributed by atoms with E-state index in [9.17, 15) is 13.5 Å². The van der Waals surface area contributed by atoms with Crippen LogP contribution in [0.3, 0.4) is 0 Å². The van der Waals surface area contributed by atoms with E-state index in [1.807, 2.05) is 6.07 Å². The summed E-state index contributed by atoms with van der Waals surface area (Å²) in [5.41, 5.74) is 0.532. The third-order valence-corrected chi connectivity index (χ3v) is 7.13. The predicted molar refractivity (Wildman–Crippen MR) is 87.8 cm³/mol. The molecule has 1 saturated heterocycles. The number of aryl methyl sites for hydroxylation is 1. The lowest BCUT2D eigenvalue weighted by Crippen LogP contribution is -2.44. The second kappa shape index (κ2) is 5.40. The van der Waals surface area contributed by atoms with Crippen molar-refractivity contribution >= 4 is 10.0 Å². The third-order valence-electron chi connectivity index (χ3n) is 5.08. The average molecular weight is 348 g/mol. The van der Waals surface area contributed by atoms with Crippen LogP contribution in [0.4, 0.5) is 0 Å². The molecule has 0 spiro atoms. The second-order valence-corrected chi connectivity index (χ2v) is 8.59. The SMILES string of the molecule is Cc1ccc(-c2ccno2)cc1S(=O)(=O)N1CCCC1C1(O)CC1. The van der Waals surface area contributed by atoms with E-state index in [0.29, 0.717) is 36.3 Å². The maximum Gasteiger partial charge on any atom is 0.243 e. The van der Waals surface area contributed by atoms with Crippen LogP contribution in [-0.4, -0.2) is 41.2 Å². The Hall–Kier alpha value is -1.70. The van der Waals surface area contributed by atoms with E-state index < -0.39 is 15.6 Å². The lowest BCUT2D eigenvalue weighted by Gasteiger charge is -2.28. The smallest absolute Gasteiger partial charge is 0.243 e. The highest BCUT2D eigenvalue weighted by Gasteiger charge is 2.54. The largest absolute Gasteiger partial charge is 0.388 e. The highest BCUT2D eigenvalue weighted by atomic mass is 32.2. The first-order valence-corrected chi connectivity index (χ1v) is 9.62. The lowest BCUT2D eigenvalue weighted by atomic mass is 10.1. The maximum atomic E-state index is 13.2. The number of benzene rings is 1. The molecule has 0 bridgehead atoms. The quantitative estimate of drug-likeness (QED) is 0.917. The molecule has 4 rings (SSSR count). The Morgan fingerprint density at radius 2 is 2.12 bits per heavy atom. The molecule has 128 valence electrons. The topological polar surface area (TPSA) is 83.6 Å². The van der Waals surface area contributed by atoms with Crippen LogP contribution in [0, 0.1) is 6.92 Å². The van der Waals surface area contributed by atoms with E-state index in [2.05, 4.69) is 5.16 Å². The molecule has 7 heteroatoms. The van der Waals surface area contributed by atoms with E-state index in [-0.39, 0.29) is 10.9 Å². The van der Waals surface area contributed by atoms with Gasteiger partial charge in [0.15, 0.2) is 5.76 Å². The van der Waals surface area contributed by atoms with Gasteiger partial charge in [-0.25, -0.2) is 8.42 Å². The van der Waals surface area contributed by atoms with Gasteiger partial charge in [0.1, 0.15) is 0 Å². The van der Waals surface area contributed by atoms with Gasteiger partial charge in [-0.2, -0.15) is 4.31 Å². The monoisotopic (exact) mass is 348 g/mol. The van der Waals surface area contributed by atoms with Gasteiger partial charge in [0, 0.05) is 18.2 Å². The van der Waals surface area contributed by atoms with Crippen LogP contribution >= 0.6 is 0 Å². The van der Waals surface area contributed by atoms with Gasteiger partial charge in [0.2, 0.25) is 10.0 Å². The minimum atomic E-state index is -3.66. The molecule has 2 aromatic rings. The lowest BCUT2D eigenvalue weighted by molar-refractivity contribution is 0.0826. The van der Waals surface area contributed by atoms with Gasteiger partial charge in [-0.05, 0) is 44.2 Å². The van der Waals surface area contributed by atoms with Crippen molar-refractivity contribution in [3.63, 3.8) is 0 Å². The van der Waals surface area contributed by atoms with Crippen LogP contribution in [0.15, 0.2) is 39.9 Å². The van der Waals surface area contributed by atoms with Crippen LogP contribution in [0.2, 0.25) is 0 Å². The fraction of sp³-hybridized carbons (Fsp3) is 0.471. The highest BCUT2D eigenvalue weighted by Crippen LogP contribution is 2.46. The summed E-state index contributed by atoms with van der Waals surface area (Å²) in [5, 5.41) is 14.1. The Bertz CT molecular complexity index is 857. The summed E-state index contributed by atoms with van der Waals surface area (Å²) in [6, 6.07) is 6.63. The minimum absolute atomic E-state index is 0.271. The molecule has 1 atom stereocenters. The summed E-state index contributed by atoms with van der Waals surface area (Å²) in [6.45, 7) is 2.25. The Balaban J connectivity index is 1.75. The number of aromatic nitrogens is 1. The van der Waals surface area contributed by atoms with Gasteiger partial charge in [-0.15, -0.1) is 0 Å². The zero-order valence-electron chi connectivity index (χ0n) is 13.5. The van der Waals surface area contributed by atoms with Gasteiger partial charge in [0.25, 0.3) is 0 Å². The Morgan fingerprint density at radius 3 is 2.79 bits per heavy atom. The molecule has 1 saturated carbocycles. The molecule has 6 nitrogen and oxygen atoms in total. The molecule has 0 radical (unpaired) electrons. The molecule has 0 amide bonds. The molecule has 2 fully saturated rings. The summed E-state index contributed by atoms with van der Waals surface area (Å²) in [5.74, 6) is 0.533. The summed E-state index contributed by atoms with van der Waals surface area (Å²) in [7, 11) is -3.66.